The van der Waals surface area contributed by atoms with Gasteiger partial charge in [0, 0.05) is 24.1 Å². The number of hydrogen-bond acceptors (Lipinski definition) is 5. The SMILES string of the molecule is COc1ccc(N(CC(=O)N(Cc2ccccc2F)[C@H](Cc2ccccc2)C(=O)NC(C)(C)C)S(C)(=O)=O)cc1Cl. The lowest BCUT2D eigenvalue weighted by Gasteiger charge is -2.35. The van der Waals surface area contributed by atoms with E-state index in [4.69, 9.17) is 16.3 Å². The van der Waals surface area contributed by atoms with Crippen LogP contribution in [0.25, 0.3) is 0 Å². The van der Waals surface area contributed by atoms with E-state index in [1.807, 2.05) is 51.1 Å². The summed E-state index contributed by atoms with van der Waals surface area (Å²) in [5.74, 6) is -1.37. The van der Waals surface area contributed by atoms with Crippen LogP contribution in [0.4, 0.5) is 10.1 Å². The lowest BCUT2D eigenvalue weighted by molar-refractivity contribution is -0.140. The summed E-state index contributed by atoms with van der Waals surface area (Å²) in [5, 5.41) is 3.07. The van der Waals surface area contributed by atoms with E-state index in [9.17, 15) is 22.4 Å². The Morgan fingerprint density at radius 1 is 1.02 bits per heavy atom. The van der Waals surface area contributed by atoms with Gasteiger partial charge in [-0.05, 0) is 50.6 Å². The summed E-state index contributed by atoms with van der Waals surface area (Å²) in [6, 6.07) is 18.3. The van der Waals surface area contributed by atoms with Crippen LogP contribution in [0.2, 0.25) is 5.02 Å². The maximum absolute atomic E-state index is 14.8. The molecule has 1 atom stereocenters. The molecule has 0 radical (unpaired) electrons. The summed E-state index contributed by atoms with van der Waals surface area (Å²) in [6.45, 7) is 4.52. The average Bonchev–Trinajstić information content (AvgIpc) is 2.89. The molecule has 1 N–H and O–H groups in total. The van der Waals surface area contributed by atoms with Gasteiger partial charge in [0.25, 0.3) is 0 Å². The second-order valence-electron chi connectivity index (χ2n) is 10.6. The minimum Gasteiger partial charge on any atom is -0.495 e. The second-order valence-corrected chi connectivity index (χ2v) is 13.0. The molecule has 11 heteroatoms. The van der Waals surface area contributed by atoms with Crippen molar-refractivity contribution in [3.8, 4) is 5.75 Å². The zero-order valence-electron chi connectivity index (χ0n) is 23.7. The summed E-state index contributed by atoms with van der Waals surface area (Å²) in [4.78, 5) is 29.0. The van der Waals surface area contributed by atoms with Gasteiger partial charge in [-0.2, -0.15) is 0 Å². The van der Waals surface area contributed by atoms with E-state index < -0.39 is 45.8 Å². The van der Waals surface area contributed by atoms with E-state index in [1.54, 1.807) is 6.07 Å². The fraction of sp³-hybridized carbons (Fsp3) is 0.333. The minimum atomic E-state index is -3.99. The molecule has 220 valence electrons. The number of nitrogens with one attached hydrogen (secondary N) is 1. The average molecular weight is 604 g/mol. The highest BCUT2D eigenvalue weighted by Gasteiger charge is 2.34. The van der Waals surface area contributed by atoms with Crippen molar-refractivity contribution in [2.45, 2.75) is 45.3 Å². The largest absolute Gasteiger partial charge is 0.495 e. The van der Waals surface area contributed by atoms with Crippen molar-refractivity contribution in [2.75, 3.05) is 24.2 Å². The smallest absolute Gasteiger partial charge is 0.244 e. The molecule has 0 spiro atoms. The van der Waals surface area contributed by atoms with Crippen LogP contribution in [0.1, 0.15) is 31.9 Å². The summed E-state index contributed by atoms with van der Waals surface area (Å²) in [6.07, 6.45) is 1.09. The molecule has 0 saturated carbocycles. The van der Waals surface area contributed by atoms with Crippen molar-refractivity contribution in [1.29, 1.82) is 0 Å². The first-order chi connectivity index (χ1) is 19.2. The molecular weight excluding hydrogens is 569 g/mol. The lowest BCUT2D eigenvalue weighted by atomic mass is 10.0. The molecule has 8 nitrogen and oxygen atoms in total. The molecule has 0 aliphatic heterocycles. The monoisotopic (exact) mass is 603 g/mol. The molecular formula is C30H35ClFN3O5S. The van der Waals surface area contributed by atoms with Crippen LogP contribution in [-0.2, 0) is 32.6 Å². The minimum absolute atomic E-state index is 0.121. The lowest BCUT2D eigenvalue weighted by Crippen LogP contribution is -2.56. The number of nitrogens with zero attached hydrogens (tertiary/aromatic N) is 2. The predicted molar refractivity (Wildman–Crippen MR) is 159 cm³/mol. The van der Waals surface area contributed by atoms with Gasteiger partial charge in [0.2, 0.25) is 21.8 Å². The van der Waals surface area contributed by atoms with Crippen LogP contribution in [0.3, 0.4) is 0 Å². The van der Waals surface area contributed by atoms with E-state index in [1.165, 1.54) is 48.4 Å². The quantitative estimate of drug-likeness (QED) is 0.339. The van der Waals surface area contributed by atoms with E-state index >= 15 is 0 Å². The molecule has 2 amide bonds. The van der Waals surface area contributed by atoms with Crippen molar-refractivity contribution in [3.05, 3.63) is 94.8 Å². The van der Waals surface area contributed by atoms with Crippen molar-refractivity contribution >= 4 is 39.1 Å². The highest BCUT2D eigenvalue weighted by atomic mass is 35.5. The molecule has 0 bridgehead atoms. The molecule has 0 aliphatic rings. The first kappa shape index (κ1) is 31.9. The summed E-state index contributed by atoms with van der Waals surface area (Å²) in [7, 11) is -2.56. The highest BCUT2D eigenvalue weighted by molar-refractivity contribution is 7.92. The Bertz CT molecular complexity index is 1480. The fourth-order valence-corrected chi connectivity index (χ4v) is 5.33. The third kappa shape index (κ3) is 8.93. The number of anilines is 1. The van der Waals surface area contributed by atoms with Crippen molar-refractivity contribution < 1.29 is 27.1 Å². The number of benzene rings is 3. The third-order valence-corrected chi connectivity index (χ3v) is 7.61. The first-order valence-electron chi connectivity index (χ1n) is 12.9. The van der Waals surface area contributed by atoms with Crippen LogP contribution >= 0.6 is 11.6 Å². The number of methoxy groups -OCH3 is 1. The topological polar surface area (TPSA) is 96.0 Å². The van der Waals surface area contributed by atoms with Gasteiger partial charge in [0.15, 0.2) is 0 Å². The Morgan fingerprint density at radius 3 is 2.22 bits per heavy atom. The van der Waals surface area contributed by atoms with E-state index in [-0.39, 0.29) is 29.2 Å². The van der Waals surface area contributed by atoms with Crippen molar-refractivity contribution in [1.82, 2.24) is 10.2 Å². The zero-order valence-corrected chi connectivity index (χ0v) is 25.3. The molecule has 0 unspecified atom stereocenters. The van der Waals surface area contributed by atoms with Gasteiger partial charge in [0.05, 0.1) is 24.1 Å². The van der Waals surface area contributed by atoms with Gasteiger partial charge in [-0.1, -0.05) is 60.1 Å². The maximum Gasteiger partial charge on any atom is 0.244 e. The Balaban J connectivity index is 2.09. The number of sulfonamides is 1. The number of amides is 2. The van der Waals surface area contributed by atoms with Crippen LogP contribution in [0.15, 0.2) is 72.8 Å². The third-order valence-electron chi connectivity index (χ3n) is 6.17. The second kappa shape index (κ2) is 13.4. The molecule has 0 fully saturated rings. The number of carbonyl (C=O) groups excluding carboxylic acids is 2. The summed E-state index contributed by atoms with van der Waals surface area (Å²) >= 11 is 6.25. The van der Waals surface area contributed by atoms with Gasteiger partial charge in [-0.25, -0.2) is 12.8 Å². The normalized spacial score (nSPS) is 12.4. The van der Waals surface area contributed by atoms with Gasteiger partial charge in [-0.15, -0.1) is 0 Å². The number of rotatable bonds is 11. The summed E-state index contributed by atoms with van der Waals surface area (Å²) < 4.78 is 46.7. The Labute approximate surface area is 246 Å². The Hall–Kier alpha value is -3.63. The molecule has 3 aromatic rings. The number of hydrogen-bond donors (Lipinski definition) is 1. The summed E-state index contributed by atoms with van der Waals surface area (Å²) in [5.41, 5.74) is 0.462. The molecule has 0 saturated heterocycles. The Morgan fingerprint density at radius 2 is 1.66 bits per heavy atom. The zero-order chi connectivity index (χ0) is 30.4. The predicted octanol–water partition coefficient (Wildman–Crippen LogP) is 4.81. The van der Waals surface area contributed by atoms with Crippen molar-refractivity contribution in [3.63, 3.8) is 0 Å². The van der Waals surface area contributed by atoms with E-state index in [2.05, 4.69) is 5.32 Å². The number of halogens is 2. The Kier molecular flexibility index (Phi) is 10.4. The first-order valence-corrected chi connectivity index (χ1v) is 15.1. The van der Waals surface area contributed by atoms with Gasteiger partial charge in [-0.3, -0.25) is 13.9 Å². The van der Waals surface area contributed by atoms with Crippen LogP contribution in [-0.4, -0.2) is 56.6 Å². The fourth-order valence-electron chi connectivity index (χ4n) is 4.24. The maximum atomic E-state index is 14.8. The van der Waals surface area contributed by atoms with E-state index in [0.29, 0.717) is 5.75 Å². The van der Waals surface area contributed by atoms with Gasteiger partial charge < -0.3 is 15.0 Å². The standard InChI is InChI=1S/C30H35ClFN3O5S/c1-30(2,3)33-29(37)26(17-21-11-7-6-8-12-21)34(19-22-13-9-10-14-25(22)32)28(36)20-35(41(5,38)39)23-15-16-27(40-4)24(31)18-23/h6-16,18,26H,17,19-20H2,1-5H3,(H,33,37)/t26-/m1/s1. The molecule has 3 aromatic carbocycles. The van der Waals surface area contributed by atoms with Crippen LogP contribution < -0.4 is 14.4 Å². The molecule has 3 rings (SSSR count). The van der Waals surface area contributed by atoms with Crippen LogP contribution in [0, 0.1) is 5.82 Å². The highest BCUT2D eigenvalue weighted by Crippen LogP contribution is 2.30. The molecule has 0 heterocycles. The van der Waals surface area contributed by atoms with Crippen molar-refractivity contribution in [2.24, 2.45) is 0 Å². The van der Waals surface area contributed by atoms with Crippen LogP contribution in [0.5, 0.6) is 5.75 Å². The number of carbonyl (C=O) groups is 2. The van der Waals surface area contributed by atoms with Gasteiger partial charge in [0.1, 0.15) is 24.2 Å². The number of ether oxygens (including phenoxy) is 1. The van der Waals surface area contributed by atoms with E-state index in [0.717, 1.165) is 16.1 Å². The molecule has 0 aromatic heterocycles. The molecule has 0 aliphatic carbocycles. The molecule has 41 heavy (non-hydrogen) atoms. The van der Waals surface area contributed by atoms with Gasteiger partial charge >= 0.3 is 0 Å².